The number of rotatable bonds is 8. The van der Waals surface area contributed by atoms with Gasteiger partial charge in [0, 0.05) is 17.5 Å². The molecule has 1 N–H and O–H groups in total. The van der Waals surface area contributed by atoms with E-state index in [9.17, 15) is 0 Å². The minimum atomic E-state index is 0.301. The van der Waals surface area contributed by atoms with Gasteiger partial charge in [-0.05, 0) is 24.7 Å². The Morgan fingerprint density at radius 1 is 1.33 bits per heavy atom. The van der Waals surface area contributed by atoms with Gasteiger partial charge in [-0.3, -0.25) is 0 Å². The molecule has 0 aliphatic rings. The number of ether oxygens (including phenoxy) is 2. The van der Waals surface area contributed by atoms with Crippen LogP contribution in [-0.2, 0) is 0 Å². The van der Waals surface area contributed by atoms with E-state index in [1.165, 1.54) is 5.56 Å². The van der Waals surface area contributed by atoms with E-state index in [4.69, 9.17) is 9.47 Å². The summed E-state index contributed by atoms with van der Waals surface area (Å²) in [6.45, 7) is 3.73. The Morgan fingerprint density at radius 2 is 2.06 bits per heavy atom. The third-order valence-corrected chi connectivity index (χ3v) is 3.72. The molecular weight excluding hydrogens is 246 g/mol. The average molecular weight is 267 g/mol. The zero-order chi connectivity index (χ0) is 13.4. The molecule has 1 unspecified atom stereocenters. The van der Waals surface area contributed by atoms with Crippen LogP contribution in [0.25, 0.3) is 0 Å². The lowest BCUT2D eigenvalue weighted by atomic mass is 10.1. The van der Waals surface area contributed by atoms with Crippen molar-refractivity contribution in [2.75, 3.05) is 32.8 Å². The highest BCUT2D eigenvalue weighted by Crippen LogP contribution is 2.30. The first-order valence-electron chi connectivity index (χ1n) is 5.84. The summed E-state index contributed by atoms with van der Waals surface area (Å²) >= 11 is 1.85. The van der Waals surface area contributed by atoms with Crippen LogP contribution in [0.3, 0.4) is 0 Å². The molecule has 0 aliphatic heterocycles. The standard InChI is InChI=1S/C14H21NO2S/c1-5-8-18-10-12(15-2)11-6-7-13(16-3)14(9-11)17-4/h5-7,9,12,15H,1,8,10H2,2-4H3. The van der Waals surface area contributed by atoms with E-state index < -0.39 is 0 Å². The maximum atomic E-state index is 5.32. The molecule has 1 atom stereocenters. The molecule has 1 aromatic rings. The molecule has 0 amide bonds. The highest BCUT2D eigenvalue weighted by atomic mass is 32.2. The molecule has 0 saturated carbocycles. The van der Waals surface area contributed by atoms with Gasteiger partial charge in [0.15, 0.2) is 11.5 Å². The summed E-state index contributed by atoms with van der Waals surface area (Å²) in [7, 11) is 5.27. The molecule has 3 nitrogen and oxygen atoms in total. The number of benzene rings is 1. The molecule has 0 aliphatic carbocycles. The largest absolute Gasteiger partial charge is 0.493 e. The maximum Gasteiger partial charge on any atom is 0.161 e. The molecular formula is C14H21NO2S. The van der Waals surface area contributed by atoms with Crippen molar-refractivity contribution in [1.82, 2.24) is 5.32 Å². The van der Waals surface area contributed by atoms with Crippen LogP contribution in [0.5, 0.6) is 11.5 Å². The number of methoxy groups -OCH3 is 2. The monoisotopic (exact) mass is 267 g/mol. The molecule has 18 heavy (non-hydrogen) atoms. The number of nitrogens with one attached hydrogen (secondary N) is 1. The molecule has 0 radical (unpaired) electrons. The molecule has 0 saturated heterocycles. The second kappa shape index (κ2) is 8.06. The Labute approximate surface area is 114 Å². The summed E-state index contributed by atoms with van der Waals surface area (Å²) < 4.78 is 10.6. The van der Waals surface area contributed by atoms with Gasteiger partial charge < -0.3 is 14.8 Å². The molecule has 0 spiro atoms. The third-order valence-electron chi connectivity index (χ3n) is 2.68. The molecule has 4 heteroatoms. The zero-order valence-electron chi connectivity index (χ0n) is 11.2. The predicted molar refractivity (Wildman–Crippen MR) is 78.9 cm³/mol. The van der Waals surface area contributed by atoms with Crippen molar-refractivity contribution in [1.29, 1.82) is 0 Å². The predicted octanol–water partition coefficient (Wildman–Crippen LogP) is 2.88. The molecule has 1 aromatic carbocycles. The number of thioether (sulfide) groups is 1. The molecule has 0 aromatic heterocycles. The van der Waals surface area contributed by atoms with Crippen LogP contribution in [0.1, 0.15) is 11.6 Å². The SMILES string of the molecule is C=CCSCC(NC)c1ccc(OC)c(OC)c1. The van der Waals surface area contributed by atoms with Gasteiger partial charge in [-0.25, -0.2) is 0 Å². The van der Waals surface area contributed by atoms with E-state index in [0.29, 0.717) is 6.04 Å². The Hall–Kier alpha value is -1.13. The minimum absolute atomic E-state index is 0.301. The van der Waals surface area contributed by atoms with Crippen LogP contribution in [0.2, 0.25) is 0 Å². The summed E-state index contributed by atoms with van der Waals surface area (Å²) in [5.41, 5.74) is 1.20. The Balaban J connectivity index is 2.82. The first-order valence-corrected chi connectivity index (χ1v) is 7.00. The molecule has 0 bridgehead atoms. The second-order valence-electron chi connectivity index (χ2n) is 3.78. The van der Waals surface area contributed by atoms with Crippen LogP contribution >= 0.6 is 11.8 Å². The highest BCUT2D eigenvalue weighted by molar-refractivity contribution is 7.99. The Kier molecular flexibility index (Phi) is 6.68. The van der Waals surface area contributed by atoms with E-state index in [0.717, 1.165) is 23.0 Å². The fourth-order valence-corrected chi connectivity index (χ4v) is 2.58. The van der Waals surface area contributed by atoms with E-state index >= 15 is 0 Å². The van der Waals surface area contributed by atoms with Crippen molar-refractivity contribution < 1.29 is 9.47 Å². The highest BCUT2D eigenvalue weighted by Gasteiger charge is 2.12. The maximum absolute atomic E-state index is 5.32. The van der Waals surface area contributed by atoms with Gasteiger partial charge in [0.25, 0.3) is 0 Å². The van der Waals surface area contributed by atoms with Crippen LogP contribution < -0.4 is 14.8 Å². The van der Waals surface area contributed by atoms with E-state index in [1.54, 1.807) is 14.2 Å². The van der Waals surface area contributed by atoms with Gasteiger partial charge in [0.1, 0.15) is 0 Å². The lowest BCUT2D eigenvalue weighted by Gasteiger charge is -2.18. The van der Waals surface area contributed by atoms with Gasteiger partial charge in [0.05, 0.1) is 14.2 Å². The summed E-state index contributed by atoms with van der Waals surface area (Å²) in [5, 5.41) is 3.31. The summed E-state index contributed by atoms with van der Waals surface area (Å²) in [6.07, 6.45) is 1.92. The number of hydrogen-bond donors (Lipinski definition) is 1. The quantitative estimate of drug-likeness (QED) is 0.579. The zero-order valence-corrected chi connectivity index (χ0v) is 12.0. The Bertz CT molecular complexity index is 382. The van der Waals surface area contributed by atoms with Gasteiger partial charge in [0.2, 0.25) is 0 Å². The van der Waals surface area contributed by atoms with E-state index in [-0.39, 0.29) is 0 Å². The van der Waals surface area contributed by atoms with Crippen LogP contribution in [0, 0.1) is 0 Å². The summed E-state index contributed by atoms with van der Waals surface area (Å²) in [5.74, 6) is 3.49. The van der Waals surface area contributed by atoms with E-state index in [1.807, 2.05) is 37.0 Å². The first kappa shape index (κ1) is 14.9. The fraction of sp³-hybridized carbons (Fsp3) is 0.429. The van der Waals surface area contributed by atoms with Gasteiger partial charge >= 0.3 is 0 Å². The molecule has 0 heterocycles. The first-order chi connectivity index (χ1) is 8.76. The lowest BCUT2D eigenvalue weighted by molar-refractivity contribution is 0.354. The van der Waals surface area contributed by atoms with Crippen molar-refractivity contribution in [2.45, 2.75) is 6.04 Å². The molecule has 1 rings (SSSR count). The molecule has 0 fully saturated rings. The van der Waals surface area contributed by atoms with Gasteiger partial charge in [-0.2, -0.15) is 11.8 Å². The summed E-state index contributed by atoms with van der Waals surface area (Å²) in [4.78, 5) is 0. The van der Waals surface area contributed by atoms with Gasteiger partial charge in [-0.1, -0.05) is 12.1 Å². The van der Waals surface area contributed by atoms with Crippen molar-refractivity contribution in [3.8, 4) is 11.5 Å². The summed E-state index contributed by atoms with van der Waals surface area (Å²) in [6, 6.07) is 6.33. The van der Waals surface area contributed by atoms with Crippen LogP contribution in [0.4, 0.5) is 0 Å². The smallest absolute Gasteiger partial charge is 0.161 e. The lowest BCUT2D eigenvalue weighted by Crippen LogP contribution is -2.19. The van der Waals surface area contributed by atoms with Crippen molar-refractivity contribution in [3.63, 3.8) is 0 Å². The topological polar surface area (TPSA) is 30.5 Å². The normalized spacial score (nSPS) is 11.9. The fourth-order valence-electron chi connectivity index (χ4n) is 1.69. The minimum Gasteiger partial charge on any atom is -0.493 e. The van der Waals surface area contributed by atoms with Crippen molar-refractivity contribution >= 4 is 11.8 Å². The van der Waals surface area contributed by atoms with E-state index in [2.05, 4.69) is 18.0 Å². The molecule has 100 valence electrons. The van der Waals surface area contributed by atoms with Crippen molar-refractivity contribution in [2.24, 2.45) is 0 Å². The second-order valence-corrected chi connectivity index (χ2v) is 4.86. The Morgan fingerprint density at radius 3 is 2.61 bits per heavy atom. The van der Waals surface area contributed by atoms with Crippen LogP contribution in [0.15, 0.2) is 30.9 Å². The third kappa shape index (κ3) is 3.96. The average Bonchev–Trinajstić information content (AvgIpc) is 2.43. The van der Waals surface area contributed by atoms with Crippen molar-refractivity contribution in [3.05, 3.63) is 36.4 Å². The van der Waals surface area contributed by atoms with Crippen LogP contribution in [-0.4, -0.2) is 32.8 Å². The van der Waals surface area contributed by atoms with Gasteiger partial charge in [-0.15, -0.1) is 6.58 Å². The number of hydrogen-bond acceptors (Lipinski definition) is 4.